The number of nitrogens with zero attached hydrogens (tertiary/aromatic N) is 3. The highest BCUT2D eigenvalue weighted by Crippen LogP contribution is 2.21. The van der Waals surface area contributed by atoms with E-state index in [1.165, 1.54) is 0 Å². The highest BCUT2D eigenvalue weighted by atomic mass is 16.1. The van der Waals surface area contributed by atoms with Crippen LogP contribution in [0.3, 0.4) is 0 Å². The summed E-state index contributed by atoms with van der Waals surface area (Å²) in [5.41, 5.74) is 0.978. The molecule has 5 nitrogen and oxygen atoms in total. The molecular formula is C15H24N4O. The normalized spacial score (nSPS) is 17.9. The van der Waals surface area contributed by atoms with E-state index in [-0.39, 0.29) is 17.9 Å². The quantitative estimate of drug-likeness (QED) is 0.912. The fourth-order valence-corrected chi connectivity index (χ4v) is 2.39. The standard InChI is InChI=1S/C15H24N4O/c1-4-11(2)17-14(20)13-6-9-19(10-7-13)15-16-8-5-12(3)18-15/h5,8,11,13H,4,6-7,9-10H2,1-3H3,(H,17,20)/t11-/m0/s1. The Bertz CT molecular complexity index is 455. The molecule has 0 saturated carbocycles. The van der Waals surface area contributed by atoms with Crippen molar-refractivity contribution in [1.29, 1.82) is 0 Å². The van der Waals surface area contributed by atoms with Crippen molar-refractivity contribution >= 4 is 11.9 Å². The SMILES string of the molecule is CC[C@H](C)NC(=O)C1CCN(c2nccc(C)n2)CC1. The van der Waals surface area contributed by atoms with Crippen LogP contribution in [0.1, 0.15) is 38.8 Å². The smallest absolute Gasteiger partial charge is 0.225 e. The lowest BCUT2D eigenvalue weighted by atomic mass is 9.95. The van der Waals surface area contributed by atoms with Gasteiger partial charge in [-0.05, 0) is 39.2 Å². The van der Waals surface area contributed by atoms with E-state index < -0.39 is 0 Å². The molecule has 1 aliphatic rings. The van der Waals surface area contributed by atoms with Gasteiger partial charge in [-0.25, -0.2) is 9.97 Å². The van der Waals surface area contributed by atoms with Crippen LogP contribution in [-0.4, -0.2) is 35.0 Å². The van der Waals surface area contributed by atoms with Gasteiger partial charge in [-0.1, -0.05) is 6.92 Å². The Kier molecular flexibility index (Phi) is 4.93. The number of amides is 1. The highest BCUT2D eigenvalue weighted by Gasteiger charge is 2.26. The van der Waals surface area contributed by atoms with Crippen molar-refractivity contribution < 1.29 is 4.79 Å². The summed E-state index contributed by atoms with van der Waals surface area (Å²) >= 11 is 0. The monoisotopic (exact) mass is 276 g/mol. The summed E-state index contributed by atoms with van der Waals surface area (Å²) in [6.07, 6.45) is 4.51. The minimum atomic E-state index is 0.130. The molecule has 0 unspecified atom stereocenters. The number of anilines is 1. The van der Waals surface area contributed by atoms with Crippen molar-refractivity contribution in [1.82, 2.24) is 15.3 Å². The van der Waals surface area contributed by atoms with Crippen LogP contribution in [0, 0.1) is 12.8 Å². The Morgan fingerprint density at radius 3 is 2.80 bits per heavy atom. The van der Waals surface area contributed by atoms with Crippen molar-refractivity contribution in [3.8, 4) is 0 Å². The molecule has 20 heavy (non-hydrogen) atoms. The van der Waals surface area contributed by atoms with E-state index in [0.717, 1.165) is 44.0 Å². The lowest BCUT2D eigenvalue weighted by Gasteiger charge is -2.31. The summed E-state index contributed by atoms with van der Waals surface area (Å²) in [6, 6.07) is 2.16. The number of piperidine rings is 1. The largest absolute Gasteiger partial charge is 0.353 e. The van der Waals surface area contributed by atoms with Crippen LogP contribution < -0.4 is 10.2 Å². The van der Waals surface area contributed by atoms with Crippen molar-refractivity contribution in [3.63, 3.8) is 0 Å². The molecule has 0 aliphatic carbocycles. The Hall–Kier alpha value is -1.65. The van der Waals surface area contributed by atoms with Crippen LogP contribution in [0.5, 0.6) is 0 Å². The van der Waals surface area contributed by atoms with E-state index in [1.54, 1.807) is 6.20 Å². The summed E-state index contributed by atoms with van der Waals surface area (Å²) in [7, 11) is 0. The van der Waals surface area contributed by atoms with Crippen LogP contribution in [-0.2, 0) is 4.79 Å². The first-order chi connectivity index (χ1) is 9.60. The first kappa shape index (κ1) is 14.8. The van der Waals surface area contributed by atoms with Gasteiger partial charge in [0, 0.05) is 36.9 Å². The molecule has 1 amide bonds. The van der Waals surface area contributed by atoms with Gasteiger partial charge in [0.15, 0.2) is 0 Å². The van der Waals surface area contributed by atoms with Gasteiger partial charge in [-0.2, -0.15) is 0 Å². The molecule has 1 aromatic rings. The fraction of sp³-hybridized carbons (Fsp3) is 0.667. The lowest BCUT2D eigenvalue weighted by Crippen LogP contribution is -2.43. The van der Waals surface area contributed by atoms with Crippen molar-refractivity contribution in [3.05, 3.63) is 18.0 Å². The van der Waals surface area contributed by atoms with Gasteiger partial charge >= 0.3 is 0 Å². The average molecular weight is 276 g/mol. The number of rotatable bonds is 4. The van der Waals surface area contributed by atoms with Crippen LogP contribution in [0.4, 0.5) is 5.95 Å². The van der Waals surface area contributed by atoms with Gasteiger partial charge in [-0.3, -0.25) is 4.79 Å². The van der Waals surface area contributed by atoms with E-state index in [4.69, 9.17) is 0 Å². The molecule has 1 aromatic heterocycles. The van der Waals surface area contributed by atoms with Crippen molar-refractivity contribution in [2.45, 2.75) is 46.1 Å². The Morgan fingerprint density at radius 1 is 1.50 bits per heavy atom. The van der Waals surface area contributed by atoms with E-state index in [9.17, 15) is 4.79 Å². The second kappa shape index (κ2) is 6.68. The summed E-state index contributed by atoms with van der Waals surface area (Å²) in [5.74, 6) is 1.11. The van der Waals surface area contributed by atoms with Crippen LogP contribution in [0.2, 0.25) is 0 Å². The highest BCUT2D eigenvalue weighted by molar-refractivity contribution is 5.79. The fourth-order valence-electron chi connectivity index (χ4n) is 2.39. The van der Waals surface area contributed by atoms with Crippen molar-refractivity contribution in [2.24, 2.45) is 5.92 Å². The zero-order chi connectivity index (χ0) is 14.5. The molecule has 1 aliphatic heterocycles. The predicted molar refractivity (Wildman–Crippen MR) is 79.6 cm³/mol. The lowest BCUT2D eigenvalue weighted by molar-refractivity contribution is -0.126. The van der Waals surface area contributed by atoms with Crippen molar-refractivity contribution in [2.75, 3.05) is 18.0 Å². The number of carbonyl (C=O) groups excluding carboxylic acids is 1. The van der Waals surface area contributed by atoms with E-state index in [2.05, 4.69) is 27.1 Å². The second-order valence-corrected chi connectivity index (χ2v) is 5.58. The molecule has 1 atom stereocenters. The molecule has 2 heterocycles. The van der Waals surface area contributed by atoms with E-state index >= 15 is 0 Å². The van der Waals surface area contributed by atoms with Gasteiger partial charge in [0.2, 0.25) is 11.9 Å². The molecule has 1 saturated heterocycles. The Morgan fingerprint density at radius 2 is 2.20 bits per heavy atom. The number of carbonyl (C=O) groups is 1. The molecule has 0 bridgehead atoms. The van der Waals surface area contributed by atoms with Gasteiger partial charge in [0.05, 0.1) is 0 Å². The summed E-state index contributed by atoms with van der Waals surface area (Å²) in [5, 5.41) is 3.07. The molecule has 2 rings (SSSR count). The van der Waals surface area contributed by atoms with Crippen LogP contribution in [0.15, 0.2) is 12.3 Å². The zero-order valence-corrected chi connectivity index (χ0v) is 12.6. The molecule has 0 radical (unpaired) electrons. The first-order valence-electron chi connectivity index (χ1n) is 7.45. The van der Waals surface area contributed by atoms with Gasteiger partial charge in [-0.15, -0.1) is 0 Å². The first-order valence-corrected chi connectivity index (χ1v) is 7.45. The number of nitrogens with one attached hydrogen (secondary N) is 1. The number of aryl methyl sites for hydroxylation is 1. The van der Waals surface area contributed by atoms with Gasteiger partial charge in [0.1, 0.15) is 0 Å². The molecule has 0 aromatic carbocycles. The molecule has 1 fully saturated rings. The molecule has 110 valence electrons. The van der Waals surface area contributed by atoms with Gasteiger partial charge < -0.3 is 10.2 Å². The third-order valence-electron chi connectivity index (χ3n) is 3.93. The summed E-state index contributed by atoms with van der Waals surface area (Å²) < 4.78 is 0. The van der Waals surface area contributed by atoms with Crippen LogP contribution in [0.25, 0.3) is 0 Å². The Labute approximate surface area is 120 Å². The predicted octanol–water partition coefficient (Wildman–Crippen LogP) is 1.92. The maximum Gasteiger partial charge on any atom is 0.225 e. The summed E-state index contributed by atoms with van der Waals surface area (Å²) in [6.45, 7) is 7.80. The number of hydrogen-bond donors (Lipinski definition) is 1. The average Bonchev–Trinajstić information content (AvgIpc) is 2.47. The second-order valence-electron chi connectivity index (χ2n) is 5.58. The maximum atomic E-state index is 12.1. The molecule has 5 heteroatoms. The molecule has 0 spiro atoms. The topological polar surface area (TPSA) is 58.1 Å². The maximum absolute atomic E-state index is 12.1. The number of aromatic nitrogens is 2. The van der Waals surface area contributed by atoms with Crippen LogP contribution >= 0.6 is 0 Å². The van der Waals surface area contributed by atoms with E-state index in [0.29, 0.717) is 0 Å². The minimum Gasteiger partial charge on any atom is -0.353 e. The third-order valence-corrected chi connectivity index (χ3v) is 3.93. The van der Waals surface area contributed by atoms with Gasteiger partial charge in [0.25, 0.3) is 0 Å². The summed E-state index contributed by atoms with van der Waals surface area (Å²) in [4.78, 5) is 23.0. The van der Waals surface area contributed by atoms with E-state index in [1.807, 2.05) is 19.9 Å². The minimum absolute atomic E-state index is 0.130. The molecular weight excluding hydrogens is 252 g/mol. The third kappa shape index (κ3) is 3.68. The number of hydrogen-bond acceptors (Lipinski definition) is 4. The molecule has 1 N–H and O–H groups in total. The Balaban J connectivity index is 1.87. The zero-order valence-electron chi connectivity index (χ0n) is 12.6.